The second-order valence-electron chi connectivity index (χ2n) is 7.01. The zero-order chi connectivity index (χ0) is 17.2. The predicted octanol–water partition coefficient (Wildman–Crippen LogP) is 3.21. The largest absolute Gasteiger partial charge is 0.356 e. The molecule has 2 heterocycles. The lowest BCUT2D eigenvalue weighted by Gasteiger charge is -2.32. The zero-order valence-electron chi connectivity index (χ0n) is 15.6. The van der Waals surface area contributed by atoms with Crippen molar-refractivity contribution >= 4 is 17.3 Å². The van der Waals surface area contributed by atoms with Gasteiger partial charge in [-0.3, -0.25) is 4.99 Å². The Bertz CT molecular complexity index is 464. The fourth-order valence-electron chi connectivity index (χ4n) is 3.31. The molecule has 1 fully saturated rings. The van der Waals surface area contributed by atoms with E-state index in [1.165, 1.54) is 43.8 Å². The molecule has 0 amide bonds. The second-order valence-corrected chi connectivity index (χ2v) is 8.04. The molecule has 0 bridgehead atoms. The quantitative estimate of drug-likeness (QED) is 0.559. The van der Waals surface area contributed by atoms with Crippen molar-refractivity contribution in [2.45, 2.75) is 39.5 Å². The molecule has 0 saturated carbocycles. The number of hydrogen-bond donors (Lipinski definition) is 2. The van der Waals surface area contributed by atoms with E-state index in [1.54, 1.807) is 0 Å². The average Bonchev–Trinajstić information content (AvgIpc) is 3.09. The number of hydrogen-bond acceptors (Lipinski definition) is 3. The summed E-state index contributed by atoms with van der Waals surface area (Å²) in [5.74, 6) is 2.34. The Morgan fingerprint density at radius 3 is 2.79 bits per heavy atom. The molecule has 136 valence electrons. The van der Waals surface area contributed by atoms with Crippen LogP contribution in [0.3, 0.4) is 0 Å². The van der Waals surface area contributed by atoms with Gasteiger partial charge in [0.2, 0.25) is 0 Å². The van der Waals surface area contributed by atoms with Crippen LogP contribution < -0.4 is 10.6 Å². The molecule has 1 aliphatic rings. The van der Waals surface area contributed by atoms with Crippen molar-refractivity contribution in [1.29, 1.82) is 0 Å². The fourth-order valence-corrected chi connectivity index (χ4v) is 4.18. The Balaban J connectivity index is 1.62. The van der Waals surface area contributed by atoms with Crippen molar-refractivity contribution in [3.63, 3.8) is 0 Å². The molecule has 2 rings (SSSR count). The van der Waals surface area contributed by atoms with Crippen molar-refractivity contribution in [3.05, 3.63) is 22.4 Å². The van der Waals surface area contributed by atoms with Crippen molar-refractivity contribution in [2.75, 3.05) is 39.8 Å². The number of rotatable bonds is 8. The van der Waals surface area contributed by atoms with Crippen LogP contribution in [-0.4, -0.2) is 50.6 Å². The van der Waals surface area contributed by atoms with Gasteiger partial charge in [0.15, 0.2) is 5.96 Å². The van der Waals surface area contributed by atoms with Gasteiger partial charge in [0.1, 0.15) is 0 Å². The Morgan fingerprint density at radius 1 is 1.38 bits per heavy atom. The lowest BCUT2D eigenvalue weighted by molar-refractivity contribution is 0.185. The molecule has 1 unspecified atom stereocenters. The van der Waals surface area contributed by atoms with Crippen molar-refractivity contribution in [1.82, 2.24) is 15.5 Å². The second kappa shape index (κ2) is 10.7. The minimum absolute atomic E-state index is 0.611. The fraction of sp³-hybridized carbons (Fsp3) is 0.737. The number of guanidine groups is 1. The van der Waals surface area contributed by atoms with Crippen LogP contribution in [0.5, 0.6) is 0 Å². The van der Waals surface area contributed by atoms with E-state index >= 15 is 0 Å². The molecular formula is C19H34N4S. The highest BCUT2D eigenvalue weighted by molar-refractivity contribution is 7.09. The third-order valence-electron chi connectivity index (χ3n) is 4.78. The van der Waals surface area contributed by atoms with Gasteiger partial charge in [-0.25, -0.2) is 0 Å². The van der Waals surface area contributed by atoms with Gasteiger partial charge in [-0.2, -0.15) is 0 Å². The van der Waals surface area contributed by atoms with E-state index in [9.17, 15) is 0 Å². The first-order valence-corrected chi connectivity index (χ1v) is 10.3. The summed E-state index contributed by atoms with van der Waals surface area (Å²) >= 11 is 1.85. The number of thiophene rings is 1. The first-order chi connectivity index (χ1) is 11.7. The Hall–Kier alpha value is -1.07. The molecule has 5 heteroatoms. The molecule has 24 heavy (non-hydrogen) atoms. The Morgan fingerprint density at radius 2 is 2.17 bits per heavy atom. The highest BCUT2D eigenvalue weighted by atomic mass is 32.1. The summed E-state index contributed by atoms with van der Waals surface area (Å²) in [6, 6.07) is 4.35. The summed E-state index contributed by atoms with van der Waals surface area (Å²) in [5, 5.41) is 9.16. The zero-order valence-corrected chi connectivity index (χ0v) is 16.4. The minimum atomic E-state index is 0.611. The lowest BCUT2D eigenvalue weighted by Crippen LogP contribution is -2.44. The van der Waals surface area contributed by atoms with Crippen LogP contribution in [0.25, 0.3) is 0 Å². The summed E-state index contributed by atoms with van der Waals surface area (Å²) in [4.78, 5) is 8.43. The Kier molecular flexibility index (Phi) is 8.60. The van der Waals surface area contributed by atoms with E-state index in [4.69, 9.17) is 0 Å². The van der Waals surface area contributed by atoms with Gasteiger partial charge in [-0.1, -0.05) is 19.9 Å². The van der Waals surface area contributed by atoms with Crippen LogP contribution in [0.15, 0.2) is 22.5 Å². The van der Waals surface area contributed by atoms with E-state index in [1.807, 2.05) is 18.4 Å². The van der Waals surface area contributed by atoms with Crippen LogP contribution in [0.1, 0.15) is 38.0 Å². The maximum absolute atomic E-state index is 4.37. The number of piperidine rings is 1. The lowest BCUT2D eigenvalue weighted by atomic mass is 9.97. The molecule has 2 N–H and O–H groups in total. The summed E-state index contributed by atoms with van der Waals surface area (Å²) in [7, 11) is 1.86. The van der Waals surface area contributed by atoms with Gasteiger partial charge < -0.3 is 15.5 Å². The molecule has 1 saturated heterocycles. The Labute approximate surface area is 151 Å². The molecule has 0 spiro atoms. The van der Waals surface area contributed by atoms with Crippen molar-refractivity contribution in [3.8, 4) is 0 Å². The smallest absolute Gasteiger partial charge is 0.190 e. The van der Waals surface area contributed by atoms with Crippen LogP contribution in [0, 0.1) is 11.8 Å². The highest BCUT2D eigenvalue weighted by Gasteiger charge is 2.18. The van der Waals surface area contributed by atoms with Crippen LogP contribution >= 0.6 is 11.3 Å². The average molecular weight is 351 g/mol. The third kappa shape index (κ3) is 6.81. The van der Waals surface area contributed by atoms with Crippen molar-refractivity contribution < 1.29 is 0 Å². The minimum Gasteiger partial charge on any atom is -0.356 e. The van der Waals surface area contributed by atoms with E-state index in [0.29, 0.717) is 5.92 Å². The standard InChI is InChI=1S/C19H34N4S/c1-4-9-23-10-7-17(8-11-23)15-22-19(20-3)21-14-16(2)13-18-6-5-12-24-18/h5-6,12,16-17H,4,7-11,13-15H2,1-3H3,(H2,20,21,22). The van der Waals surface area contributed by atoms with Gasteiger partial charge in [-0.15, -0.1) is 11.3 Å². The summed E-state index contributed by atoms with van der Waals surface area (Å²) < 4.78 is 0. The summed E-state index contributed by atoms with van der Waals surface area (Å²) in [5.41, 5.74) is 0. The molecule has 0 radical (unpaired) electrons. The van der Waals surface area contributed by atoms with Gasteiger partial charge in [0.25, 0.3) is 0 Å². The van der Waals surface area contributed by atoms with Gasteiger partial charge in [0.05, 0.1) is 0 Å². The molecule has 0 aliphatic carbocycles. The van der Waals surface area contributed by atoms with Crippen LogP contribution in [0.2, 0.25) is 0 Å². The van der Waals surface area contributed by atoms with Gasteiger partial charge in [0, 0.05) is 25.0 Å². The van der Waals surface area contributed by atoms with Gasteiger partial charge >= 0.3 is 0 Å². The van der Waals surface area contributed by atoms with E-state index < -0.39 is 0 Å². The maximum atomic E-state index is 4.37. The molecule has 0 aromatic carbocycles. The molecule has 1 atom stereocenters. The monoisotopic (exact) mass is 350 g/mol. The first-order valence-electron chi connectivity index (χ1n) is 9.40. The number of likely N-dealkylation sites (tertiary alicyclic amines) is 1. The predicted molar refractivity (Wildman–Crippen MR) is 106 cm³/mol. The summed E-state index contributed by atoms with van der Waals surface area (Å²) in [6.07, 6.45) is 5.01. The highest BCUT2D eigenvalue weighted by Crippen LogP contribution is 2.16. The molecule has 1 aromatic heterocycles. The van der Waals surface area contributed by atoms with E-state index in [0.717, 1.165) is 31.4 Å². The molecular weight excluding hydrogens is 316 g/mol. The van der Waals surface area contributed by atoms with Crippen LogP contribution in [0.4, 0.5) is 0 Å². The maximum Gasteiger partial charge on any atom is 0.190 e. The van der Waals surface area contributed by atoms with Crippen LogP contribution in [-0.2, 0) is 6.42 Å². The third-order valence-corrected chi connectivity index (χ3v) is 5.68. The molecule has 1 aromatic rings. The molecule has 1 aliphatic heterocycles. The number of nitrogens with one attached hydrogen (secondary N) is 2. The molecule has 4 nitrogen and oxygen atoms in total. The first kappa shape index (κ1) is 19.3. The number of nitrogens with zero attached hydrogens (tertiary/aromatic N) is 2. The topological polar surface area (TPSA) is 39.7 Å². The van der Waals surface area contributed by atoms with Crippen molar-refractivity contribution in [2.24, 2.45) is 16.8 Å². The summed E-state index contributed by atoms with van der Waals surface area (Å²) in [6.45, 7) is 10.3. The SMILES string of the molecule is CCCN1CCC(CNC(=NC)NCC(C)Cc2cccs2)CC1. The number of aliphatic imine (C=N–C) groups is 1. The van der Waals surface area contributed by atoms with E-state index in [2.05, 4.69) is 51.9 Å². The van der Waals surface area contributed by atoms with Gasteiger partial charge in [-0.05, 0) is 68.6 Å². The normalized spacial score (nSPS) is 18.5. The van der Waals surface area contributed by atoms with E-state index in [-0.39, 0.29) is 0 Å².